The molecule has 0 unspecified atom stereocenters. The summed E-state index contributed by atoms with van der Waals surface area (Å²) in [6, 6.07) is 4.18. The third kappa shape index (κ3) is 4.50. The monoisotopic (exact) mass is 285 g/mol. The Labute approximate surface area is 116 Å². The standard InChI is InChI=1S/C12H16ClN3O3/c1-15(12(17)3-2-6-14)8-9-7-10(16(18)19)4-5-11(9)13/h4-5,7H,2-3,6,8,14H2,1H3. The highest BCUT2D eigenvalue weighted by Gasteiger charge is 2.14. The minimum atomic E-state index is -0.490. The number of carbonyl (C=O) groups is 1. The van der Waals surface area contributed by atoms with Gasteiger partial charge in [-0.2, -0.15) is 0 Å². The number of nitrogens with two attached hydrogens (primary N) is 1. The van der Waals surface area contributed by atoms with Crippen LogP contribution in [-0.2, 0) is 11.3 Å². The van der Waals surface area contributed by atoms with Crippen LogP contribution in [-0.4, -0.2) is 29.3 Å². The molecule has 1 aromatic carbocycles. The smallest absolute Gasteiger partial charge is 0.269 e. The summed E-state index contributed by atoms with van der Waals surface area (Å²) >= 11 is 5.97. The number of halogens is 1. The van der Waals surface area contributed by atoms with Gasteiger partial charge in [0.15, 0.2) is 0 Å². The van der Waals surface area contributed by atoms with Crippen LogP contribution in [0.2, 0.25) is 5.02 Å². The first-order valence-corrected chi connectivity index (χ1v) is 6.20. The number of non-ortho nitro benzene ring substituents is 1. The van der Waals surface area contributed by atoms with Crippen molar-refractivity contribution in [3.05, 3.63) is 38.9 Å². The van der Waals surface area contributed by atoms with Gasteiger partial charge in [0.1, 0.15) is 0 Å². The van der Waals surface area contributed by atoms with Crippen molar-refractivity contribution in [2.45, 2.75) is 19.4 Å². The molecule has 2 N–H and O–H groups in total. The van der Waals surface area contributed by atoms with Crippen molar-refractivity contribution in [2.75, 3.05) is 13.6 Å². The summed E-state index contributed by atoms with van der Waals surface area (Å²) < 4.78 is 0. The van der Waals surface area contributed by atoms with Gasteiger partial charge >= 0.3 is 0 Å². The molecule has 0 aromatic heterocycles. The number of rotatable bonds is 6. The van der Waals surface area contributed by atoms with Crippen LogP contribution in [0.3, 0.4) is 0 Å². The second-order valence-corrected chi connectivity index (χ2v) is 4.58. The molecule has 0 saturated carbocycles. The van der Waals surface area contributed by atoms with E-state index in [1.165, 1.54) is 23.1 Å². The molecule has 7 heteroatoms. The van der Waals surface area contributed by atoms with Crippen LogP contribution in [0.15, 0.2) is 18.2 Å². The number of hydrogen-bond acceptors (Lipinski definition) is 4. The third-order valence-corrected chi connectivity index (χ3v) is 3.04. The van der Waals surface area contributed by atoms with Crippen molar-refractivity contribution in [1.29, 1.82) is 0 Å². The Hall–Kier alpha value is -1.66. The van der Waals surface area contributed by atoms with E-state index in [4.69, 9.17) is 17.3 Å². The molecule has 0 spiro atoms. The van der Waals surface area contributed by atoms with Crippen molar-refractivity contribution in [3.63, 3.8) is 0 Å². The molecular weight excluding hydrogens is 270 g/mol. The molecule has 0 bridgehead atoms. The van der Waals surface area contributed by atoms with Crippen molar-refractivity contribution in [2.24, 2.45) is 5.73 Å². The maximum absolute atomic E-state index is 11.7. The van der Waals surface area contributed by atoms with E-state index < -0.39 is 4.92 Å². The first kappa shape index (κ1) is 15.4. The van der Waals surface area contributed by atoms with Gasteiger partial charge in [0.2, 0.25) is 5.91 Å². The highest BCUT2D eigenvalue weighted by Crippen LogP contribution is 2.23. The summed E-state index contributed by atoms with van der Waals surface area (Å²) in [6.45, 7) is 0.695. The van der Waals surface area contributed by atoms with E-state index in [0.29, 0.717) is 30.0 Å². The summed E-state index contributed by atoms with van der Waals surface area (Å²) in [7, 11) is 1.63. The summed E-state index contributed by atoms with van der Waals surface area (Å²) in [6.07, 6.45) is 0.978. The average Bonchev–Trinajstić information content (AvgIpc) is 2.38. The van der Waals surface area contributed by atoms with Gasteiger partial charge in [0, 0.05) is 37.2 Å². The SMILES string of the molecule is CN(Cc1cc([N+](=O)[O-])ccc1Cl)C(=O)CCCN. The molecule has 0 fully saturated rings. The zero-order valence-corrected chi connectivity index (χ0v) is 11.4. The Bertz CT molecular complexity index is 479. The van der Waals surface area contributed by atoms with Gasteiger partial charge in [-0.25, -0.2) is 0 Å². The Morgan fingerprint density at radius 1 is 1.53 bits per heavy atom. The van der Waals surface area contributed by atoms with E-state index in [0.717, 1.165) is 0 Å². The van der Waals surface area contributed by atoms with Crippen LogP contribution < -0.4 is 5.73 Å². The van der Waals surface area contributed by atoms with Crippen LogP contribution in [0.25, 0.3) is 0 Å². The molecule has 0 heterocycles. The fourth-order valence-electron chi connectivity index (χ4n) is 1.58. The quantitative estimate of drug-likeness (QED) is 0.639. The number of nitro groups is 1. The van der Waals surface area contributed by atoms with Crippen molar-refractivity contribution < 1.29 is 9.72 Å². The van der Waals surface area contributed by atoms with Crippen LogP contribution in [0.1, 0.15) is 18.4 Å². The molecule has 0 aliphatic heterocycles. The third-order valence-electron chi connectivity index (χ3n) is 2.67. The van der Waals surface area contributed by atoms with E-state index in [2.05, 4.69) is 0 Å². The first-order valence-electron chi connectivity index (χ1n) is 5.82. The maximum atomic E-state index is 11.7. The predicted octanol–water partition coefficient (Wildman–Crippen LogP) is 1.95. The van der Waals surface area contributed by atoms with Crippen molar-refractivity contribution >= 4 is 23.2 Å². The second kappa shape index (κ2) is 7.06. The second-order valence-electron chi connectivity index (χ2n) is 4.17. The van der Waals surface area contributed by atoms with E-state index >= 15 is 0 Å². The minimum Gasteiger partial charge on any atom is -0.341 e. The molecule has 1 rings (SSSR count). The molecule has 1 aromatic rings. The molecule has 1 amide bonds. The summed E-state index contributed by atoms with van der Waals surface area (Å²) in [5.41, 5.74) is 5.86. The number of nitro benzene ring substituents is 1. The fraction of sp³-hybridized carbons (Fsp3) is 0.417. The first-order chi connectivity index (χ1) is 8.95. The van der Waals surface area contributed by atoms with Gasteiger partial charge in [0.25, 0.3) is 5.69 Å². The van der Waals surface area contributed by atoms with Crippen LogP contribution in [0.5, 0.6) is 0 Å². The maximum Gasteiger partial charge on any atom is 0.269 e. The molecule has 19 heavy (non-hydrogen) atoms. The van der Waals surface area contributed by atoms with E-state index in [9.17, 15) is 14.9 Å². The van der Waals surface area contributed by atoms with Crippen LogP contribution >= 0.6 is 11.6 Å². The molecular formula is C12H16ClN3O3. The zero-order chi connectivity index (χ0) is 14.4. The van der Waals surface area contributed by atoms with Crippen LogP contribution in [0, 0.1) is 10.1 Å². The van der Waals surface area contributed by atoms with Gasteiger partial charge in [-0.15, -0.1) is 0 Å². The summed E-state index contributed by atoms with van der Waals surface area (Å²) in [4.78, 5) is 23.4. The fourth-order valence-corrected chi connectivity index (χ4v) is 1.76. The number of amides is 1. The van der Waals surface area contributed by atoms with Crippen LogP contribution in [0.4, 0.5) is 5.69 Å². The Morgan fingerprint density at radius 2 is 2.21 bits per heavy atom. The van der Waals surface area contributed by atoms with Gasteiger partial charge in [-0.05, 0) is 24.6 Å². The Balaban J connectivity index is 2.78. The molecule has 0 aliphatic rings. The summed E-state index contributed by atoms with van der Waals surface area (Å²) in [5.74, 6) is -0.0620. The number of hydrogen-bond donors (Lipinski definition) is 1. The lowest BCUT2D eigenvalue weighted by Crippen LogP contribution is -2.26. The van der Waals surface area contributed by atoms with Gasteiger partial charge in [-0.3, -0.25) is 14.9 Å². The Morgan fingerprint density at radius 3 is 2.79 bits per heavy atom. The van der Waals surface area contributed by atoms with Crippen molar-refractivity contribution in [3.8, 4) is 0 Å². The molecule has 0 saturated heterocycles. The number of nitrogens with zero attached hydrogens (tertiary/aromatic N) is 2. The normalized spacial score (nSPS) is 10.3. The lowest BCUT2D eigenvalue weighted by molar-refractivity contribution is -0.384. The topological polar surface area (TPSA) is 89.5 Å². The number of benzene rings is 1. The molecule has 0 aliphatic carbocycles. The highest BCUT2D eigenvalue weighted by molar-refractivity contribution is 6.31. The zero-order valence-electron chi connectivity index (χ0n) is 10.6. The average molecular weight is 286 g/mol. The Kier molecular flexibility index (Phi) is 5.72. The van der Waals surface area contributed by atoms with Gasteiger partial charge < -0.3 is 10.6 Å². The molecule has 0 atom stereocenters. The van der Waals surface area contributed by atoms with E-state index in [-0.39, 0.29) is 18.1 Å². The largest absolute Gasteiger partial charge is 0.341 e. The number of carbonyl (C=O) groups excluding carboxylic acids is 1. The molecule has 104 valence electrons. The van der Waals surface area contributed by atoms with E-state index in [1.807, 2.05) is 0 Å². The van der Waals surface area contributed by atoms with Gasteiger partial charge in [0.05, 0.1) is 4.92 Å². The predicted molar refractivity (Wildman–Crippen MR) is 72.9 cm³/mol. The highest BCUT2D eigenvalue weighted by atomic mass is 35.5. The van der Waals surface area contributed by atoms with Gasteiger partial charge in [-0.1, -0.05) is 11.6 Å². The molecule has 6 nitrogen and oxygen atoms in total. The minimum absolute atomic E-state index is 0.0396. The van der Waals surface area contributed by atoms with Crippen molar-refractivity contribution in [1.82, 2.24) is 4.90 Å². The molecule has 0 radical (unpaired) electrons. The summed E-state index contributed by atoms with van der Waals surface area (Å²) in [5, 5.41) is 11.1. The lowest BCUT2D eigenvalue weighted by atomic mass is 10.2. The van der Waals surface area contributed by atoms with E-state index in [1.54, 1.807) is 7.05 Å². The lowest BCUT2D eigenvalue weighted by Gasteiger charge is -2.17.